The number of nitrogens with zero attached hydrogens (tertiary/aromatic N) is 1. The molecule has 40 heavy (non-hydrogen) atoms. The second-order valence-electron chi connectivity index (χ2n) is 9.42. The number of aromatic nitrogens is 2. The number of carbonyl (C=O) groups is 3. The zero-order valence-corrected chi connectivity index (χ0v) is 20.9. The zero-order valence-electron chi connectivity index (χ0n) is 20.9. The molecule has 1 aliphatic heterocycles. The number of ketones is 2. The van der Waals surface area contributed by atoms with Gasteiger partial charge in [0.2, 0.25) is 6.79 Å². The van der Waals surface area contributed by atoms with E-state index in [9.17, 15) is 14.4 Å². The Hall–Kier alpha value is -5.70. The number of benzene rings is 4. The lowest BCUT2D eigenvalue weighted by Crippen LogP contribution is -2.22. The summed E-state index contributed by atoms with van der Waals surface area (Å²) < 4.78 is 10.9. The summed E-state index contributed by atoms with van der Waals surface area (Å²) >= 11 is 0. The fraction of sp³-hybridized carbons (Fsp3) is 0.0323. The highest BCUT2D eigenvalue weighted by atomic mass is 16.7. The molecule has 0 saturated heterocycles. The fourth-order valence-electron chi connectivity index (χ4n) is 4.94. The third kappa shape index (κ3) is 3.80. The predicted octanol–water partition coefficient (Wildman–Crippen LogP) is 4.58. The topological polar surface area (TPSA) is 136 Å². The quantitative estimate of drug-likeness (QED) is 0.285. The van der Waals surface area contributed by atoms with Crippen molar-refractivity contribution in [3.63, 3.8) is 0 Å². The van der Waals surface area contributed by atoms with Crippen LogP contribution >= 0.6 is 0 Å². The molecule has 0 saturated carbocycles. The van der Waals surface area contributed by atoms with E-state index in [-0.39, 0.29) is 29.8 Å². The molecule has 0 atom stereocenters. The summed E-state index contributed by atoms with van der Waals surface area (Å²) in [5.41, 5.74) is 9.92. The Labute approximate surface area is 227 Å². The number of imidazole rings is 1. The fourth-order valence-corrected chi connectivity index (χ4v) is 4.94. The van der Waals surface area contributed by atoms with Gasteiger partial charge in [-0.3, -0.25) is 14.4 Å². The molecule has 4 N–H and O–H groups in total. The smallest absolute Gasteiger partial charge is 0.255 e. The maximum Gasteiger partial charge on any atom is 0.255 e. The molecule has 0 fully saturated rings. The molecule has 1 aliphatic carbocycles. The van der Waals surface area contributed by atoms with Crippen molar-refractivity contribution in [2.24, 2.45) is 0 Å². The SMILES string of the molecule is Nc1ccc(C(=O)N/C(=C/c2ccc3c(c2)OCO3)c2nc3c4c(ccc3[nH]2)C(=O)c2ccccc2C4=O)cc1. The molecule has 0 spiro atoms. The summed E-state index contributed by atoms with van der Waals surface area (Å²) in [7, 11) is 0. The number of hydrogen-bond donors (Lipinski definition) is 3. The maximum atomic E-state index is 13.5. The standard InChI is InChI=1S/C31H20N4O5/c32-18-8-6-17(7-9-18)31(38)34-23(13-16-5-12-24-25(14-16)40-15-39-24)30-33-22-11-10-21-26(27(22)35-30)29(37)20-4-2-1-3-19(20)28(21)36/h1-14H,15,32H2,(H,33,35)(H,34,38)/b23-13+. The van der Waals surface area contributed by atoms with Gasteiger partial charge in [0.1, 0.15) is 5.52 Å². The molecule has 2 aliphatic rings. The van der Waals surface area contributed by atoms with Gasteiger partial charge in [-0.1, -0.05) is 30.3 Å². The van der Waals surface area contributed by atoms with Crippen LogP contribution in [0.25, 0.3) is 22.8 Å². The number of ether oxygens (including phenoxy) is 2. The van der Waals surface area contributed by atoms with E-state index < -0.39 is 0 Å². The van der Waals surface area contributed by atoms with Crippen LogP contribution < -0.4 is 20.5 Å². The summed E-state index contributed by atoms with van der Waals surface area (Å²) in [6.45, 7) is 0.133. The van der Waals surface area contributed by atoms with Crippen LogP contribution in [0.4, 0.5) is 5.69 Å². The number of aromatic amines is 1. The predicted molar refractivity (Wildman–Crippen MR) is 148 cm³/mol. The molecule has 5 aromatic rings. The number of nitrogens with two attached hydrogens (primary N) is 1. The lowest BCUT2D eigenvalue weighted by atomic mass is 9.83. The van der Waals surface area contributed by atoms with E-state index in [1.54, 1.807) is 78.9 Å². The van der Waals surface area contributed by atoms with Crippen molar-refractivity contribution in [3.8, 4) is 11.5 Å². The van der Waals surface area contributed by atoms with Crippen LogP contribution in [0.5, 0.6) is 11.5 Å². The highest BCUT2D eigenvalue weighted by Crippen LogP contribution is 2.35. The molecule has 0 bridgehead atoms. The lowest BCUT2D eigenvalue weighted by Gasteiger charge is -2.17. The van der Waals surface area contributed by atoms with E-state index in [1.165, 1.54) is 0 Å². The van der Waals surface area contributed by atoms with Gasteiger partial charge < -0.3 is 25.5 Å². The van der Waals surface area contributed by atoms with Crippen molar-refractivity contribution in [1.82, 2.24) is 15.3 Å². The van der Waals surface area contributed by atoms with Crippen molar-refractivity contribution >= 4 is 46.0 Å². The minimum atomic E-state index is -0.380. The van der Waals surface area contributed by atoms with Crippen molar-refractivity contribution in [2.45, 2.75) is 0 Å². The molecule has 0 unspecified atom stereocenters. The van der Waals surface area contributed by atoms with Crippen molar-refractivity contribution in [1.29, 1.82) is 0 Å². The summed E-state index contributed by atoms with van der Waals surface area (Å²) in [5.74, 6) is 0.631. The number of hydrogen-bond acceptors (Lipinski definition) is 7. The van der Waals surface area contributed by atoms with Crippen LogP contribution in [-0.4, -0.2) is 34.2 Å². The molecule has 1 amide bonds. The van der Waals surface area contributed by atoms with E-state index in [2.05, 4.69) is 10.3 Å². The number of fused-ring (bicyclic) bond motifs is 5. The van der Waals surface area contributed by atoms with Crippen LogP contribution in [0.2, 0.25) is 0 Å². The van der Waals surface area contributed by atoms with Crippen LogP contribution in [0, 0.1) is 0 Å². The molecule has 7 rings (SSSR count). The average molecular weight is 529 g/mol. The minimum Gasteiger partial charge on any atom is -0.454 e. The summed E-state index contributed by atoms with van der Waals surface area (Å²) in [6.07, 6.45) is 1.74. The molecule has 0 radical (unpaired) electrons. The van der Waals surface area contributed by atoms with Gasteiger partial charge in [0.25, 0.3) is 5.91 Å². The largest absolute Gasteiger partial charge is 0.454 e. The summed E-state index contributed by atoms with van der Waals surface area (Å²) in [5, 5.41) is 2.93. The Bertz CT molecular complexity index is 1920. The monoisotopic (exact) mass is 528 g/mol. The normalized spacial score (nSPS) is 13.8. The van der Waals surface area contributed by atoms with Gasteiger partial charge in [-0.25, -0.2) is 4.98 Å². The van der Waals surface area contributed by atoms with E-state index in [0.29, 0.717) is 62.0 Å². The Morgan fingerprint density at radius 3 is 2.42 bits per heavy atom. The van der Waals surface area contributed by atoms with E-state index >= 15 is 0 Å². The van der Waals surface area contributed by atoms with Crippen molar-refractivity contribution < 1.29 is 23.9 Å². The molecule has 194 valence electrons. The third-order valence-corrected chi connectivity index (χ3v) is 6.93. The van der Waals surface area contributed by atoms with Gasteiger partial charge >= 0.3 is 0 Å². The van der Waals surface area contributed by atoms with Crippen LogP contribution in [0.15, 0.2) is 78.9 Å². The molecule has 9 heteroatoms. The number of anilines is 1. The van der Waals surface area contributed by atoms with Gasteiger partial charge in [0.05, 0.1) is 16.8 Å². The van der Waals surface area contributed by atoms with Gasteiger partial charge in [0, 0.05) is 27.9 Å². The first kappa shape index (κ1) is 23.4. The maximum absolute atomic E-state index is 13.5. The number of H-pyrrole nitrogens is 1. The first-order valence-corrected chi connectivity index (χ1v) is 12.5. The molecular formula is C31H20N4O5. The lowest BCUT2D eigenvalue weighted by molar-refractivity contribution is 0.0972. The highest BCUT2D eigenvalue weighted by Gasteiger charge is 2.32. The summed E-state index contributed by atoms with van der Waals surface area (Å²) in [4.78, 5) is 47.9. The number of carbonyl (C=O) groups excluding carboxylic acids is 3. The first-order chi connectivity index (χ1) is 19.5. The van der Waals surface area contributed by atoms with Crippen molar-refractivity contribution in [3.05, 3.63) is 118 Å². The van der Waals surface area contributed by atoms with Crippen molar-refractivity contribution in [2.75, 3.05) is 12.5 Å². The third-order valence-electron chi connectivity index (χ3n) is 6.93. The van der Waals surface area contributed by atoms with Crippen LogP contribution in [0.1, 0.15) is 53.6 Å². The Morgan fingerprint density at radius 1 is 0.875 bits per heavy atom. The highest BCUT2D eigenvalue weighted by molar-refractivity contribution is 6.31. The first-order valence-electron chi connectivity index (χ1n) is 12.5. The van der Waals surface area contributed by atoms with E-state index in [4.69, 9.17) is 20.2 Å². The summed E-state index contributed by atoms with van der Waals surface area (Å²) in [6, 6.07) is 22.0. The Morgan fingerprint density at radius 2 is 1.62 bits per heavy atom. The second kappa shape index (κ2) is 8.95. The average Bonchev–Trinajstić information content (AvgIpc) is 3.62. The number of amides is 1. The number of nitrogens with one attached hydrogen (secondary N) is 2. The van der Waals surface area contributed by atoms with Gasteiger partial charge in [-0.15, -0.1) is 0 Å². The number of nitrogen functional groups attached to an aromatic ring is 1. The molecule has 9 nitrogen and oxygen atoms in total. The minimum absolute atomic E-state index is 0.133. The van der Waals surface area contributed by atoms with E-state index in [1.807, 2.05) is 6.07 Å². The van der Waals surface area contributed by atoms with Gasteiger partial charge in [-0.2, -0.15) is 0 Å². The van der Waals surface area contributed by atoms with Crippen LogP contribution in [0.3, 0.4) is 0 Å². The van der Waals surface area contributed by atoms with Crippen LogP contribution in [-0.2, 0) is 0 Å². The Kier molecular flexibility index (Phi) is 5.24. The molecule has 1 aromatic heterocycles. The molecular weight excluding hydrogens is 508 g/mol. The van der Waals surface area contributed by atoms with Gasteiger partial charge in [-0.05, 0) is 60.2 Å². The second-order valence-corrected chi connectivity index (χ2v) is 9.42. The molecule has 2 heterocycles. The van der Waals surface area contributed by atoms with Gasteiger partial charge in [0.15, 0.2) is 28.9 Å². The van der Waals surface area contributed by atoms with E-state index in [0.717, 1.165) is 5.56 Å². The zero-order chi connectivity index (χ0) is 27.4. The molecule has 4 aromatic carbocycles. The number of rotatable bonds is 4. The Balaban J connectivity index is 1.35.